The second kappa shape index (κ2) is 38.5. The van der Waals surface area contributed by atoms with Gasteiger partial charge in [0.2, 0.25) is 0 Å². The van der Waals surface area contributed by atoms with E-state index in [0.29, 0.717) is 13.0 Å². The van der Waals surface area contributed by atoms with Gasteiger partial charge in [0, 0.05) is 13.0 Å². The van der Waals surface area contributed by atoms with Crippen LogP contribution in [0, 0.1) is 0 Å². The van der Waals surface area contributed by atoms with Crippen LogP contribution in [0.3, 0.4) is 0 Å². The van der Waals surface area contributed by atoms with Gasteiger partial charge in [-0.25, -0.2) is 4.57 Å². The molecule has 0 aliphatic heterocycles. The van der Waals surface area contributed by atoms with Gasteiger partial charge < -0.3 is 25.2 Å². The van der Waals surface area contributed by atoms with Crippen molar-refractivity contribution in [3.8, 4) is 0 Å². The van der Waals surface area contributed by atoms with Crippen molar-refractivity contribution in [2.45, 2.75) is 193 Å². The Kier molecular flexibility index (Phi) is 37.2. The number of carboxylic acids is 1. The van der Waals surface area contributed by atoms with Crippen LogP contribution in [-0.4, -0.2) is 60.5 Å². The van der Waals surface area contributed by atoms with E-state index >= 15 is 0 Å². The Morgan fingerprint density at radius 2 is 1.08 bits per heavy atom. The first kappa shape index (κ1) is 51.2. The number of ether oxygens (including phenoxy) is 2. The molecule has 0 fully saturated rings. The van der Waals surface area contributed by atoms with Gasteiger partial charge in [0.05, 0.1) is 19.8 Å². The van der Waals surface area contributed by atoms with Gasteiger partial charge in [-0.3, -0.25) is 18.6 Å². The third kappa shape index (κ3) is 38.3. The number of carbonyl (C=O) groups excluding carboxylic acids is 1. The summed E-state index contributed by atoms with van der Waals surface area (Å²) < 4.78 is 33.3. The minimum Gasteiger partial charge on any atom is -0.480 e. The van der Waals surface area contributed by atoms with Crippen molar-refractivity contribution in [3.05, 3.63) is 36.5 Å². The Morgan fingerprint density at radius 3 is 1.62 bits per heavy atom. The molecule has 0 aromatic rings. The quantitative estimate of drug-likeness (QED) is 0.0237. The number of rotatable bonds is 40. The number of aliphatic carboxylic acids is 1. The number of phosphoric acid groups is 1. The molecular formula is C42H78NO9P. The van der Waals surface area contributed by atoms with Gasteiger partial charge in [-0.1, -0.05) is 147 Å². The highest BCUT2D eigenvalue weighted by atomic mass is 31.2. The zero-order valence-corrected chi connectivity index (χ0v) is 34.5. The first-order valence-corrected chi connectivity index (χ1v) is 22.5. The van der Waals surface area contributed by atoms with Gasteiger partial charge in [-0.05, 0) is 64.2 Å². The molecule has 3 unspecified atom stereocenters. The molecule has 53 heavy (non-hydrogen) atoms. The number of nitrogens with two attached hydrogens (primary N) is 1. The van der Waals surface area contributed by atoms with Crippen LogP contribution < -0.4 is 5.73 Å². The largest absolute Gasteiger partial charge is 0.480 e. The van der Waals surface area contributed by atoms with Gasteiger partial charge in [0.1, 0.15) is 12.1 Å². The molecule has 0 aliphatic carbocycles. The van der Waals surface area contributed by atoms with Gasteiger partial charge in [-0.15, -0.1) is 0 Å². The van der Waals surface area contributed by atoms with Crippen LogP contribution in [-0.2, 0) is 32.7 Å². The molecule has 0 aliphatic rings. The lowest BCUT2D eigenvalue weighted by Gasteiger charge is -2.20. The number of esters is 1. The molecule has 3 atom stereocenters. The van der Waals surface area contributed by atoms with E-state index in [-0.39, 0.29) is 13.0 Å². The number of allylic oxidation sites excluding steroid dienone is 6. The van der Waals surface area contributed by atoms with Crippen molar-refractivity contribution >= 4 is 19.8 Å². The molecule has 0 radical (unpaired) electrons. The summed E-state index contributed by atoms with van der Waals surface area (Å²) in [5.41, 5.74) is 5.35. The van der Waals surface area contributed by atoms with Gasteiger partial charge in [0.25, 0.3) is 0 Å². The maximum absolute atomic E-state index is 12.6. The Balaban J connectivity index is 4.27. The van der Waals surface area contributed by atoms with E-state index < -0.39 is 45.1 Å². The van der Waals surface area contributed by atoms with Gasteiger partial charge >= 0.3 is 19.8 Å². The molecule has 0 rings (SSSR count). The molecule has 0 saturated carbocycles. The van der Waals surface area contributed by atoms with Crippen LogP contribution in [0.4, 0.5) is 0 Å². The zero-order valence-electron chi connectivity index (χ0n) is 33.6. The number of hydrogen-bond acceptors (Lipinski definition) is 8. The molecule has 0 spiro atoms. The fourth-order valence-corrected chi connectivity index (χ4v) is 6.35. The Bertz CT molecular complexity index is 988. The molecule has 4 N–H and O–H groups in total. The number of unbranched alkanes of at least 4 members (excludes halogenated alkanes) is 20. The van der Waals surface area contributed by atoms with E-state index in [2.05, 4.69) is 50.3 Å². The highest BCUT2D eigenvalue weighted by molar-refractivity contribution is 7.47. The summed E-state index contributed by atoms with van der Waals surface area (Å²) in [6.45, 7) is 3.78. The highest BCUT2D eigenvalue weighted by Crippen LogP contribution is 2.43. The Labute approximate surface area is 323 Å². The van der Waals surface area contributed by atoms with Crippen LogP contribution in [0.25, 0.3) is 0 Å². The summed E-state index contributed by atoms with van der Waals surface area (Å²) in [5, 5.41) is 8.88. The van der Waals surface area contributed by atoms with E-state index in [9.17, 15) is 19.0 Å². The van der Waals surface area contributed by atoms with Crippen molar-refractivity contribution in [1.82, 2.24) is 0 Å². The lowest BCUT2D eigenvalue weighted by molar-refractivity contribution is -0.154. The third-order valence-corrected chi connectivity index (χ3v) is 9.82. The lowest BCUT2D eigenvalue weighted by atomic mass is 10.1. The molecule has 0 aromatic heterocycles. The van der Waals surface area contributed by atoms with E-state index in [1.54, 1.807) is 0 Å². The van der Waals surface area contributed by atoms with Gasteiger partial charge in [-0.2, -0.15) is 0 Å². The number of phosphoric ester groups is 1. The van der Waals surface area contributed by atoms with Crippen LogP contribution in [0.1, 0.15) is 181 Å². The third-order valence-electron chi connectivity index (χ3n) is 8.87. The smallest absolute Gasteiger partial charge is 0.472 e. The molecule has 0 saturated heterocycles. The van der Waals surface area contributed by atoms with Crippen LogP contribution >= 0.6 is 7.82 Å². The maximum Gasteiger partial charge on any atom is 0.472 e. The number of carboxylic acid groups (broad SMARTS) is 1. The molecule has 10 nitrogen and oxygen atoms in total. The molecule has 0 bridgehead atoms. The van der Waals surface area contributed by atoms with E-state index in [4.69, 9.17) is 29.4 Å². The number of carbonyl (C=O) groups is 2. The molecule has 0 heterocycles. The Hall–Kier alpha value is -1.81. The molecular weight excluding hydrogens is 693 g/mol. The van der Waals surface area contributed by atoms with Crippen LogP contribution in [0.15, 0.2) is 36.5 Å². The first-order chi connectivity index (χ1) is 25.7. The van der Waals surface area contributed by atoms with Crippen LogP contribution in [0.5, 0.6) is 0 Å². The van der Waals surface area contributed by atoms with E-state index in [1.165, 1.54) is 89.9 Å². The highest BCUT2D eigenvalue weighted by Gasteiger charge is 2.27. The molecule has 0 amide bonds. The fourth-order valence-electron chi connectivity index (χ4n) is 5.58. The molecule has 11 heteroatoms. The monoisotopic (exact) mass is 772 g/mol. The average molecular weight is 772 g/mol. The normalized spacial score (nSPS) is 14.3. The van der Waals surface area contributed by atoms with Crippen molar-refractivity contribution in [2.24, 2.45) is 5.73 Å². The maximum atomic E-state index is 12.6. The lowest BCUT2D eigenvalue weighted by Crippen LogP contribution is -2.34. The van der Waals surface area contributed by atoms with Crippen molar-refractivity contribution in [3.63, 3.8) is 0 Å². The van der Waals surface area contributed by atoms with Crippen molar-refractivity contribution < 1.29 is 42.7 Å². The Morgan fingerprint density at radius 1 is 0.604 bits per heavy atom. The molecule has 310 valence electrons. The van der Waals surface area contributed by atoms with E-state index in [1.807, 2.05) is 0 Å². The average Bonchev–Trinajstić information content (AvgIpc) is 3.13. The summed E-state index contributed by atoms with van der Waals surface area (Å²) in [5.74, 6) is -1.79. The molecule has 0 aromatic carbocycles. The SMILES string of the molecule is CCC/C=C\C/C=C\CCCCCCCCOCC(COP(=O)(O)OCC(N)C(=O)O)OC(=O)CCCCCCCCC/C=C\CCCCCCCC. The minimum atomic E-state index is -4.62. The summed E-state index contributed by atoms with van der Waals surface area (Å²) >= 11 is 0. The predicted molar refractivity (Wildman–Crippen MR) is 217 cm³/mol. The summed E-state index contributed by atoms with van der Waals surface area (Å²) in [7, 11) is -4.62. The van der Waals surface area contributed by atoms with Gasteiger partial charge in [0.15, 0.2) is 0 Å². The van der Waals surface area contributed by atoms with Crippen molar-refractivity contribution in [1.29, 1.82) is 0 Å². The van der Waals surface area contributed by atoms with Crippen molar-refractivity contribution in [2.75, 3.05) is 26.4 Å². The second-order valence-electron chi connectivity index (χ2n) is 14.1. The zero-order chi connectivity index (χ0) is 39.1. The first-order valence-electron chi connectivity index (χ1n) is 21.0. The topological polar surface area (TPSA) is 155 Å². The van der Waals surface area contributed by atoms with Crippen LogP contribution in [0.2, 0.25) is 0 Å². The van der Waals surface area contributed by atoms with E-state index in [0.717, 1.165) is 64.2 Å². The fraction of sp³-hybridized carbons (Fsp3) is 0.810. The summed E-state index contributed by atoms with van der Waals surface area (Å²) in [6, 6.07) is -1.47. The number of hydrogen-bond donors (Lipinski definition) is 3. The minimum absolute atomic E-state index is 0.00852. The second-order valence-corrected chi connectivity index (χ2v) is 15.6. The summed E-state index contributed by atoms with van der Waals surface area (Å²) in [4.78, 5) is 33.5. The standard InChI is InChI=1S/C42H78NO9P/c1-3-5-7-9-11-13-15-17-19-20-21-22-24-26-28-30-32-34-41(44)52-39(37-50-53(47,48)51-38-40(43)42(45)46)36-49-35-33-31-29-27-25-23-18-16-14-12-10-8-6-4-2/h8,10,14,16-17,19,39-40H,3-7,9,11-13,15,18,20-38,43H2,1-2H3,(H,45,46)(H,47,48)/b10-8-,16-14-,19-17-. The summed E-state index contributed by atoms with van der Waals surface area (Å²) in [6.07, 6.45) is 41.9. The predicted octanol–water partition coefficient (Wildman–Crippen LogP) is 11.3.